The summed E-state index contributed by atoms with van der Waals surface area (Å²) in [6.45, 7) is 2.71. The van der Waals surface area contributed by atoms with Gasteiger partial charge in [0.2, 0.25) is 11.8 Å². The van der Waals surface area contributed by atoms with Crippen LogP contribution in [0.15, 0.2) is 17.5 Å². The first kappa shape index (κ1) is 17.0. The van der Waals surface area contributed by atoms with E-state index in [1.54, 1.807) is 11.0 Å². The molecule has 3 amide bonds. The summed E-state index contributed by atoms with van der Waals surface area (Å²) in [6.07, 6.45) is 3.91. The van der Waals surface area contributed by atoms with Crippen molar-refractivity contribution < 1.29 is 14.4 Å². The molecule has 1 atom stereocenters. The largest absolute Gasteiger partial charge is 0.354 e. The van der Waals surface area contributed by atoms with Gasteiger partial charge >= 0.3 is 0 Å². The number of rotatable bonds is 6. The van der Waals surface area contributed by atoms with Crippen LogP contribution in [0, 0.1) is 0 Å². The molecule has 0 spiro atoms. The summed E-state index contributed by atoms with van der Waals surface area (Å²) < 4.78 is 0. The van der Waals surface area contributed by atoms with Crippen LogP contribution in [0.5, 0.6) is 0 Å². The molecule has 130 valence electrons. The topological polar surface area (TPSA) is 69.7 Å². The highest BCUT2D eigenvalue weighted by molar-refractivity contribution is 7.12. The van der Waals surface area contributed by atoms with Crippen molar-refractivity contribution in [2.75, 3.05) is 26.2 Å². The normalized spacial score (nSPS) is 20.7. The highest BCUT2D eigenvalue weighted by atomic mass is 32.1. The lowest BCUT2D eigenvalue weighted by atomic mass is 10.2. The smallest absolute Gasteiger partial charge is 0.264 e. The van der Waals surface area contributed by atoms with Gasteiger partial charge in [-0.3, -0.25) is 14.4 Å². The monoisotopic (exact) mass is 349 g/mol. The van der Waals surface area contributed by atoms with E-state index in [0.717, 1.165) is 25.8 Å². The number of nitrogens with one attached hydrogen (secondary N) is 1. The molecular weight excluding hydrogens is 326 g/mol. The molecular formula is C17H23N3O3S. The molecule has 3 rings (SSSR count). The molecule has 1 N–H and O–H groups in total. The third kappa shape index (κ3) is 3.77. The van der Waals surface area contributed by atoms with Gasteiger partial charge in [-0.2, -0.15) is 0 Å². The van der Waals surface area contributed by atoms with Crippen LogP contribution in [0.3, 0.4) is 0 Å². The van der Waals surface area contributed by atoms with E-state index in [1.807, 2.05) is 16.3 Å². The fourth-order valence-corrected chi connectivity index (χ4v) is 4.04. The Kier molecular flexibility index (Phi) is 5.50. The predicted octanol–water partition coefficient (Wildman–Crippen LogP) is 1.48. The van der Waals surface area contributed by atoms with Crippen molar-refractivity contribution in [3.05, 3.63) is 22.4 Å². The first-order valence-electron chi connectivity index (χ1n) is 8.57. The van der Waals surface area contributed by atoms with Crippen LogP contribution in [0.4, 0.5) is 0 Å². The van der Waals surface area contributed by atoms with E-state index in [4.69, 9.17) is 0 Å². The van der Waals surface area contributed by atoms with Crippen LogP contribution in [-0.4, -0.2) is 59.7 Å². The Morgan fingerprint density at radius 1 is 1.29 bits per heavy atom. The van der Waals surface area contributed by atoms with Gasteiger partial charge in [-0.1, -0.05) is 6.07 Å². The molecule has 1 aromatic rings. The summed E-state index contributed by atoms with van der Waals surface area (Å²) in [5.41, 5.74) is 0. The molecule has 2 saturated heterocycles. The second-order valence-corrected chi connectivity index (χ2v) is 7.21. The minimum Gasteiger partial charge on any atom is -0.354 e. The number of hydrogen-bond donors (Lipinski definition) is 1. The van der Waals surface area contributed by atoms with Gasteiger partial charge in [0.05, 0.1) is 4.88 Å². The average molecular weight is 349 g/mol. The van der Waals surface area contributed by atoms with Crippen molar-refractivity contribution in [3.63, 3.8) is 0 Å². The molecule has 0 saturated carbocycles. The van der Waals surface area contributed by atoms with Gasteiger partial charge < -0.3 is 15.1 Å². The second-order valence-electron chi connectivity index (χ2n) is 6.26. The summed E-state index contributed by atoms with van der Waals surface area (Å²) in [6, 6.07) is 3.28. The predicted molar refractivity (Wildman–Crippen MR) is 91.8 cm³/mol. The molecule has 24 heavy (non-hydrogen) atoms. The molecule has 0 aliphatic carbocycles. The van der Waals surface area contributed by atoms with E-state index in [0.29, 0.717) is 37.4 Å². The van der Waals surface area contributed by atoms with Crippen molar-refractivity contribution in [1.29, 1.82) is 0 Å². The molecule has 2 aliphatic rings. The van der Waals surface area contributed by atoms with Crippen molar-refractivity contribution in [1.82, 2.24) is 15.1 Å². The summed E-state index contributed by atoms with van der Waals surface area (Å²) in [5.74, 6) is 0.0836. The maximum atomic E-state index is 12.5. The Balaban J connectivity index is 1.45. The fraction of sp³-hybridized carbons (Fsp3) is 0.588. The second kappa shape index (κ2) is 7.79. The third-order valence-corrected chi connectivity index (χ3v) is 5.48. The Morgan fingerprint density at radius 3 is 2.88 bits per heavy atom. The Morgan fingerprint density at radius 2 is 2.17 bits per heavy atom. The number of hydrogen-bond acceptors (Lipinski definition) is 4. The van der Waals surface area contributed by atoms with Crippen LogP contribution in [-0.2, 0) is 9.59 Å². The lowest BCUT2D eigenvalue weighted by Crippen LogP contribution is -2.46. The number of likely N-dealkylation sites (tertiary alicyclic amines) is 2. The van der Waals surface area contributed by atoms with Crippen molar-refractivity contribution in [2.24, 2.45) is 0 Å². The van der Waals surface area contributed by atoms with E-state index in [-0.39, 0.29) is 23.8 Å². The Labute approximate surface area is 145 Å². The van der Waals surface area contributed by atoms with E-state index in [9.17, 15) is 14.4 Å². The highest BCUT2D eigenvalue weighted by Gasteiger charge is 2.34. The molecule has 3 heterocycles. The minimum atomic E-state index is -0.368. The molecule has 6 nitrogen and oxygen atoms in total. The molecule has 0 bridgehead atoms. The maximum absolute atomic E-state index is 12.5. The maximum Gasteiger partial charge on any atom is 0.264 e. The molecule has 0 radical (unpaired) electrons. The third-order valence-electron chi connectivity index (χ3n) is 4.62. The van der Waals surface area contributed by atoms with Gasteiger partial charge in [0.25, 0.3) is 5.91 Å². The summed E-state index contributed by atoms with van der Waals surface area (Å²) in [5, 5.41) is 4.80. The van der Waals surface area contributed by atoms with Crippen LogP contribution < -0.4 is 5.32 Å². The Hall–Kier alpha value is -1.89. The summed E-state index contributed by atoms with van der Waals surface area (Å²) in [7, 11) is 0. The van der Waals surface area contributed by atoms with Crippen molar-refractivity contribution in [2.45, 2.75) is 38.1 Å². The van der Waals surface area contributed by atoms with Crippen LogP contribution in [0.2, 0.25) is 0 Å². The first-order chi connectivity index (χ1) is 11.7. The minimum absolute atomic E-state index is 0.0506. The van der Waals surface area contributed by atoms with Gasteiger partial charge in [0.1, 0.15) is 6.04 Å². The van der Waals surface area contributed by atoms with Crippen LogP contribution >= 0.6 is 11.3 Å². The van der Waals surface area contributed by atoms with E-state index in [2.05, 4.69) is 5.32 Å². The van der Waals surface area contributed by atoms with Gasteiger partial charge in [0, 0.05) is 32.6 Å². The van der Waals surface area contributed by atoms with Gasteiger partial charge in [-0.25, -0.2) is 0 Å². The quantitative estimate of drug-likeness (QED) is 0.791. The number of carbonyl (C=O) groups is 3. The van der Waals surface area contributed by atoms with Gasteiger partial charge in [-0.05, 0) is 37.1 Å². The van der Waals surface area contributed by atoms with Gasteiger partial charge in [0.15, 0.2) is 0 Å². The molecule has 1 aromatic heterocycles. The summed E-state index contributed by atoms with van der Waals surface area (Å²) >= 11 is 1.41. The summed E-state index contributed by atoms with van der Waals surface area (Å²) in [4.78, 5) is 40.6. The number of carbonyl (C=O) groups excluding carboxylic acids is 3. The first-order valence-corrected chi connectivity index (χ1v) is 9.45. The highest BCUT2D eigenvalue weighted by Crippen LogP contribution is 2.22. The standard InChI is InChI=1S/C17H23N3O3S/c21-15-7-2-9-19(15)10-4-8-18-16(22)13-5-1-11-20(13)17(23)14-6-3-12-24-14/h3,6,12-13H,1-2,4-5,7-11H2,(H,18,22). The average Bonchev–Trinajstić information content (AvgIpc) is 3.32. The Bertz CT molecular complexity index is 602. The van der Waals surface area contributed by atoms with Crippen molar-refractivity contribution >= 4 is 29.1 Å². The molecule has 2 fully saturated rings. The van der Waals surface area contributed by atoms with E-state index < -0.39 is 0 Å². The fourth-order valence-electron chi connectivity index (χ4n) is 3.36. The van der Waals surface area contributed by atoms with Crippen LogP contribution in [0.1, 0.15) is 41.8 Å². The zero-order valence-corrected chi connectivity index (χ0v) is 14.5. The molecule has 7 heteroatoms. The zero-order valence-electron chi connectivity index (χ0n) is 13.7. The van der Waals surface area contributed by atoms with E-state index >= 15 is 0 Å². The molecule has 2 aliphatic heterocycles. The number of nitrogens with zero attached hydrogens (tertiary/aromatic N) is 2. The number of thiophene rings is 1. The molecule has 1 unspecified atom stereocenters. The number of amides is 3. The zero-order chi connectivity index (χ0) is 16.9. The van der Waals surface area contributed by atoms with Crippen molar-refractivity contribution in [3.8, 4) is 0 Å². The molecule has 0 aromatic carbocycles. The van der Waals surface area contributed by atoms with Gasteiger partial charge in [-0.15, -0.1) is 11.3 Å². The van der Waals surface area contributed by atoms with Crippen LogP contribution in [0.25, 0.3) is 0 Å². The lowest BCUT2D eigenvalue weighted by Gasteiger charge is -2.23. The lowest BCUT2D eigenvalue weighted by molar-refractivity contribution is -0.127. The van der Waals surface area contributed by atoms with E-state index in [1.165, 1.54) is 11.3 Å². The SMILES string of the molecule is O=C(NCCCN1CCCC1=O)C1CCCN1C(=O)c1cccs1.